The van der Waals surface area contributed by atoms with Gasteiger partial charge in [0.2, 0.25) is 0 Å². The van der Waals surface area contributed by atoms with Crippen molar-refractivity contribution in [2.24, 2.45) is 0 Å². The zero-order chi connectivity index (χ0) is 29.9. The first kappa shape index (κ1) is 40.2. The van der Waals surface area contributed by atoms with E-state index >= 15 is 0 Å². The Labute approximate surface area is 252 Å². The van der Waals surface area contributed by atoms with Crippen LogP contribution in [0.1, 0.15) is 129 Å². The molecule has 8 nitrogen and oxygen atoms in total. The van der Waals surface area contributed by atoms with Crippen molar-refractivity contribution in [3.05, 3.63) is 0 Å². The monoisotopic (exact) mass is 590 g/mol. The maximum absolute atomic E-state index is 10.4. The van der Waals surface area contributed by atoms with Gasteiger partial charge in [-0.3, -0.25) is 0 Å². The summed E-state index contributed by atoms with van der Waals surface area (Å²) in [6, 6.07) is 0. The van der Waals surface area contributed by atoms with E-state index in [1.807, 2.05) is 0 Å². The van der Waals surface area contributed by atoms with Crippen molar-refractivity contribution in [3.63, 3.8) is 0 Å². The van der Waals surface area contributed by atoms with Gasteiger partial charge in [-0.05, 0) is 12.8 Å². The number of carbonyl (C=O) groups is 1. The number of carboxylic acid groups (broad SMARTS) is 1. The SMILES string of the molecule is CCCCCCCCCCCOCC(COCCCCCCCCCCC)OCCOCCOCCOCC(=O)O. The van der Waals surface area contributed by atoms with Crippen LogP contribution in [0.3, 0.4) is 0 Å². The molecule has 41 heavy (non-hydrogen) atoms. The van der Waals surface area contributed by atoms with Crippen LogP contribution in [0.5, 0.6) is 0 Å². The lowest BCUT2D eigenvalue weighted by Gasteiger charge is -2.18. The number of rotatable bonds is 36. The lowest BCUT2D eigenvalue weighted by Crippen LogP contribution is -2.28. The van der Waals surface area contributed by atoms with E-state index < -0.39 is 5.97 Å². The topological polar surface area (TPSA) is 92.7 Å². The molecule has 0 aromatic rings. The summed E-state index contributed by atoms with van der Waals surface area (Å²) in [6.45, 7) is 9.33. The summed E-state index contributed by atoms with van der Waals surface area (Å²) >= 11 is 0. The van der Waals surface area contributed by atoms with Crippen LogP contribution in [0.4, 0.5) is 0 Å². The highest BCUT2D eigenvalue weighted by atomic mass is 16.6. The molecule has 0 aromatic heterocycles. The van der Waals surface area contributed by atoms with Gasteiger partial charge in [0.15, 0.2) is 0 Å². The molecule has 0 aliphatic rings. The summed E-state index contributed by atoms with van der Waals surface area (Å²) in [5.74, 6) is -0.977. The second kappa shape index (κ2) is 35.4. The van der Waals surface area contributed by atoms with Gasteiger partial charge in [-0.15, -0.1) is 0 Å². The van der Waals surface area contributed by atoms with Gasteiger partial charge in [0.05, 0.1) is 52.9 Å². The zero-order valence-corrected chi connectivity index (χ0v) is 26.9. The van der Waals surface area contributed by atoms with Gasteiger partial charge in [-0.2, -0.15) is 0 Å². The molecule has 0 bridgehead atoms. The Bertz CT molecular complexity index is 480. The highest BCUT2D eigenvalue weighted by Gasteiger charge is 2.10. The average molecular weight is 591 g/mol. The van der Waals surface area contributed by atoms with Crippen LogP contribution in [0.2, 0.25) is 0 Å². The lowest BCUT2D eigenvalue weighted by atomic mass is 10.1. The van der Waals surface area contributed by atoms with E-state index in [9.17, 15) is 4.79 Å². The van der Waals surface area contributed by atoms with Crippen LogP contribution in [-0.2, 0) is 33.2 Å². The minimum Gasteiger partial charge on any atom is -0.480 e. The quantitative estimate of drug-likeness (QED) is 0.0746. The van der Waals surface area contributed by atoms with Crippen LogP contribution in [0, 0.1) is 0 Å². The second-order valence-electron chi connectivity index (χ2n) is 11.0. The first-order chi connectivity index (χ1) is 20.2. The maximum Gasteiger partial charge on any atom is 0.329 e. The Balaban J connectivity index is 3.91. The first-order valence-corrected chi connectivity index (χ1v) is 16.9. The molecule has 0 radical (unpaired) electrons. The van der Waals surface area contributed by atoms with Crippen molar-refractivity contribution >= 4 is 5.97 Å². The summed E-state index contributed by atoms with van der Waals surface area (Å²) in [7, 11) is 0. The smallest absolute Gasteiger partial charge is 0.329 e. The molecule has 0 aliphatic heterocycles. The highest BCUT2D eigenvalue weighted by Crippen LogP contribution is 2.11. The lowest BCUT2D eigenvalue weighted by molar-refractivity contribution is -0.142. The standard InChI is InChI=1S/C33H66O8/c1-3-5-7-9-11-13-15-17-19-21-38-29-32(30-39-22-20-18-16-14-12-10-8-6-4-2)41-28-27-37-24-23-36-25-26-40-31-33(34)35/h32H,3-31H2,1-2H3,(H,34,35). The van der Waals surface area contributed by atoms with Gasteiger partial charge < -0.3 is 33.5 Å². The van der Waals surface area contributed by atoms with Gasteiger partial charge >= 0.3 is 5.97 Å². The van der Waals surface area contributed by atoms with E-state index in [0.717, 1.165) is 26.1 Å². The van der Waals surface area contributed by atoms with Crippen molar-refractivity contribution < 1.29 is 38.3 Å². The van der Waals surface area contributed by atoms with Crippen LogP contribution in [0.15, 0.2) is 0 Å². The predicted molar refractivity (Wildman–Crippen MR) is 166 cm³/mol. The van der Waals surface area contributed by atoms with Gasteiger partial charge in [-0.25, -0.2) is 4.79 Å². The average Bonchev–Trinajstić information content (AvgIpc) is 2.96. The number of hydrogen-bond donors (Lipinski definition) is 1. The zero-order valence-electron chi connectivity index (χ0n) is 26.9. The van der Waals surface area contributed by atoms with Crippen molar-refractivity contribution in [2.75, 3.05) is 72.7 Å². The fourth-order valence-corrected chi connectivity index (χ4v) is 4.48. The van der Waals surface area contributed by atoms with Gasteiger partial charge in [0, 0.05) is 13.2 Å². The van der Waals surface area contributed by atoms with E-state index in [0.29, 0.717) is 46.2 Å². The second-order valence-corrected chi connectivity index (χ2v) is 11.0. The summed E-state index contributed by atoms with van der Waals surface area (Å²) < 4.78 is 33.8. The van der Waals surface area contributed by atoms with E-state index in [1.54, 1.807) is 0 Å². The molecule has 0 atom stereocenters. The third-order valence-corrected chi connectivity index (χ3v) is 6.94. The third-order valence-electron chi connectivity index (χ3n) is 6.94. The first-order valence-electron chi connectivity index (χ1n) is 16.9. The van der Waals surface area contributed by atoms with Crippen molar-refractivity contribution in [1.82, 2.24) is 0 Å². The van der Waals surface area contributed by atoms with Gasteiger partial charge in [0.1, 0.15) is 12.7 Å². The fourth-order valence-electron chi connectivity index (χ4n) is 4.48. The Kier molecular flexibility index (Phi) is 34.8. The molecule has 0 fully saturated rings. The predicted octanol–water partition coefficient (Wildman–Crippen LogP) is 7.60. The highest BCUT2D eigenvalue weighted by molar-refractivity contribution is 5.67. The minimum atomic E-state index is -0.977. The largest absolute Gasteiger partial charge is 0.480 e. The molecule has 0 rings (SSSR count). The van der Waals surface area contributed by atoms with Crippen LogP contribution in [-0.4, -0.2) is 89.9 Å². The van der Waals surface area contributed by atoms with E-state index in [1.165, 1.54) is 103 Å². The Morgan fingerprint density at radius 3 is 1.24 bits per heavy atom. The number of unbranched alkanes of at least 4 members (excludes halogenated alkanes) is 16. The summed E-state index contributed by atoms with van der Waals surface area (Å²) in [5.41, 5.74) is 0. The molecular weight excluding hydrogens is 524 g/mol. The molecule has 0 unspecified atom stereocenters. The maximum atomic E-state index is 10.4. The Morgan fingerprint density at radius 2 is 0.829 bits per heavy atom. The number of carboxylic acids is 1. The van der Waals surface area contributed by atoms with Crippen molar-refractivity contribution in [2.45, 2.75) is 136 Å². The molecule has 0 heterocycles. The molecule has 246 valence electrons. The minimum absolute atomic E-state index is 0.0848. The molecule has 1 N–H and O–H groups in total. The van der Waals surface area contributed by atoms with Crippen LogP contribution < -0.4 is 0 Å². The molecule has 0 aromatic carbocycles. The van der Waals surface area contributed by atoms with E-state index in [-0.39, 0.29) is 19.3 Å². The molecule has 0 spiro atoms. The van der Waals surface area contributed by atoms with Crippen LogP contribution in [0.25, 0.3) is 0 Å². The summed E-state index contributed by atoms with van der Waals surface area (Å²) in [5, 5.41) is 8.52. The molecule has 8 heteroatoms. The molecule has 0 saturated heterocycles. The van der Waals surface area contributed by atoms with E-state index in [2.05, 4.69) is 13.8 Å². The van der Waals surface area contributed by atoms with Crippen molar-refractivity contribution in [3.8, 4) is 0 Å². The van der Waals surface area contributed by atoms with Crippen molar-refractivity contribution in [1.29, 1.82) is 0 Å². The summed E-state index contributed by atoms with van der Waals surface area (Å²) in [4.78, 5) is 10.4. The summed E-state index contributed by atoms with van der Waals surface area (Å²) in [6.07, 6.45) is 23.5. The molecular formula is C33H66O8. The van der Waals surface area contributed by atoms with E-state index in [4.69, 9.17) is 33.5 Å². The Morgan fingerprint density at radius 1 is 0.463 bits per heavy atom. The third kappa shape index (κ3) is 35.3. The number of aliphatic carboxylic acids is 1. The Hall–Kier alpha value is -0.770. The normalized spacial score (nSPS) is 11.6. The molecule has 0 saturated carbocycles. The van der Waals surface area contributed by atoms with Crippen LogP contribution >= 0.6 is 0 Å². The molecule has 0 amide bonds. The number of hydrogen-bond acceptors (Lipinski definition) is 7. The molecule has 0 aliphatic carbocycles. The fraction of sp³-hybridized carbons (Fsp3) is 0.970. The van der Waals surface area contributed by atoms with Gasteiger partial charge in [-0.1, -0.05) is 117 Å². The van der Waals surface area contributed by atoms with Gasteiger partial charge in [0.25, 0.3) is 0 Å². The number of ether oxygens (including phenoxy) is 6.